The van der Waals surface area contributed by atoms with Crippen LogP contribution in [0.2, 0.25) is 0 Å². The lowest BCUT2D eigenvalue weighted by Gasteiger charge is -2.35. The van der Waals surface area contributed by atoms with Crippen molar-refractivity contribution in [1.29, 1.82) is 0 Å². The zero-order valence-corrected chi connectivity index (χ0v) is 17.5. The van der Waals surface area contributed by atoms with Gasteiger partial charge in [0.2, 0.25) is 5.91 Å². The van der Waals surface area contributed by atoms with Crippen molar-refractivity contribution >= 4 is 11.7 Å². The lowest BCUT2D eigenvalue weighted by Crippen LogP contribution is -2.50. The van der Waals surface area contributed by atoms with E-state index < -0.39 is 35.7 Å². The molecule has 1 aromatic carbocycles. The number of amides is 1. The third-order valence-electron chi connectivity index (χ3n) is 6.10. The first kappa shape index (κ1) is 24.5. The predicted octanol–water partition coefficient (Wildman–Crippen LogP) is 4.61. The number of carbonyl (C=O) groups excluding carboxylic acids is 2. The van der Waals surface area contributed by atoms with Gasteiger partial charge in [0, 0.05) is 25.9 Å². The van der Waals surface area contributed by atoms with Gasteiger partial charge >= 0.3 is 12.4 Å². The average Bonchev–Trinajstić information content (AvgIpc) is 2.73. The third kappa shape index (κ3) is 6.46. The summed E-state index contributed by atoms with van der Waals surface area (Å²) in [5.74, 6) is -0.395. The van der Waals surface area contributed by atoms with Gasteiger partial charge in [0.05, 0.1) is 17.2 Å². The van der Waals surface area contributed by atoms with E-state index in [1.165, 1.54) is 0 Å². The maximum atomic E-state index is 13.0. The van der Waals surface area contributed by atoms with Gasteiger partial charge in [-0.2, -0.15) is 26.3 Å². The molecule has 0 aromatic heterocycles. The highest BCUT2D eigenvalue weighted by Gasteiger charge is 2.37. The Balaban J connectivity index is 1.56. The molecular weight excluding hydrogens is 438 g/mol. The van der Waals surface area contributed by atoms with Crippen LogP contribution >= 0.6 is 0 Å². The number of piperidine rings is 2. The Labute approximate surface area is 182 Å². The number of nitrogens with zero attached hydrogens (tertiary/aromatic N) is 1. The molecule has 10 heteroatoms. The lowest BCUT2D eigenvalue weighted by molar-refractivity contribution is -0.143. The number of carbonyl (C=O) groups is 2. The Bertz CT molecular complexity index is 790. The number of nitrogens with one attached hydrogen (secondary N) is 1. The van der Waals surface area contributed by atoms with Gasteiger partial charge in [0.25, 0.3) is 0 Å². The summed E-state index contributed by atoms with van der Waals surface area (Å²) >= 11 is 0. The van der Waals surface area contributed by atoms with Crippen LogP contribution in [0.5, 0.6) is 0 Å². The number of ketones is 1. The minimum Gasteiger partial charge on any atom is -0.341 e. The highest BCUT2D eigenvalue weighted by atomic mass is 19.4. The molecule has 1 atom stereocenters. The van der Waals surface area contributed by atoms with Crippen LogP contribution in [0.3, 0.4) is 0 Å². The normalized spacial score (nSPS) is 20.9. The Morgan fingerprint density at radius 3 is 2.00 bits per heavy atom. The van der Waals surface area contributed by atoms with Crippen LogP contribution in [0.4, 0.5) is 26.3 Å². The van der Waals surface area contributed by atoms with Gasteiger partial charge in [-0.3, -0.25) is 9.59 Å². The Morgan fingerprint density at radius 1 is 0.906 bits per heavy atom. The number of alkyl halides is 6. The van der Waals surface area contributed by atoms with Crippen LogP contribution in [0.25, 0.3) is 0 Å². The average molecular weight is 464 g/mol. The van der Waals surface area contributed by atoms with E-state index in [1.54, 1.807) is 4.90 Å². The molecule has 3 rings (SSSR count). The number of hydrogen-bond donors (Lipinski definition) is 1. The molecule has 4 nitrogen and oxygen atoms in total. The summed E-state index contributed by atoms with van der Waals surface area (Å²) in [6, 6.07) is 1.09. The molecule has 2 fully saturated rings. The highest BCUT2D eigenvalue weighted by Crippen LogP contribution is 2.36. The first-order valence-corrected chi connectivity index (χ1v) is 10.8. The zero-order valence-electron chi connectivity index (χ0n) is 17.5. The van der Waals surface area contributed by atoms with Crippen LogP contribution < -0.4 is 5.32 Å². The molecule has 178 valence electrons. The van der Waals surface area contributed by atoms with Crippen LogP contribution in [0.15, 0.2) is 18.2 Å². The second-order valence-corrected chi connectivity index (χ2v) is 8.60. The van der Waals surface area contributed by atoms with Crippen molar-refractivity contribution in [1.82, 2.24) is 10.2 Å². The van der Waals surface area contributed by atoms with Crippen LogP contribution in [-0.2, 0) is 28.4 Å². The van der Waals surface area contributed by atoms with Gasteiger partial charge < -0.3 is 10.2 Å². The molecule has 0 spiro atoms. The van der Waals surface area contributed by atoms with Gasteiger partial charge in [-0.15, -0.1) is 0 Å². The molecule has 2 heterocycles. The van der Waals surface area contributed by atoms with Gasteiger partial charge in [-0.25, -0.2) is 0 Å². The second-order valence-electron chi connectivity index (χ2n) is 8.60. The standard InChI is InChI=1S/C22H26F6N2O2/c23-21(24,25)16-9-15(10-17(13-16)22(26,27)28)12-18(31)11-14-4-7-30(8-5-14)20(32)19-3-1-2-6-29-19/h9-10,13-14,19,29H,1-8,11-12H2/t19-/m1/s1. The monoisotopic (exact) mass is 464 g/mol. The van der Waals surface area contributed by atoms with E-state index in [1.807, 2.05) is 0 Å². The number of hydrogen-bond acceptors (Lipinski definition) is 3. The third-order valence-corrected chi connectivity index (χ3v) is 6.10. The van der Waals surface area contributed by atoms with Gasteiger partial charge in [0.1, 0.15) is 5.78 Å². The summed E-state index contributed by atoms with van der Waals surface area (Å²) < 4.78 is 78.0. The van der Waals surface area contributed by atoms with Gasteiger partial charge in [-0.05, 0) is 61.9 Å². The topological polar surface area (TPSA) is 49.4 Å². The number of halogens is 6. The molecule has 0 radical (unpaired) electrons. The molecular formula is C22H26F6N2O2. The fourth-order valence-corrected chi connectivity index (χ4v) is 4.38. The van der Waals surface area contributed by atoms with Gasteiger partial charge in [0.15, 0.2) is 0 Å². The Kier molecular flexibility index (Phi) is 7.52. The lowest BCUT2D eigenvalue weighted by atomic mass is 9.89. The summed E-state index contributed by atoms with van der Waals surface area (Å²) in [7, 11) is 0. The van der Waals surface area contributed by atoms with E-state index in [9.17, 15) is 35.9 Å². The van der Waals surface area contributed by atoms with Crippen LogP contribution in [0.1, 0.15) is 55.2 Å². The predicted molar refractivity (Wildman–Crippen MR) is 105 cm³/mol. The molecule has 2 aliphatic rings. The quantitative estimate of drug-likeness (QED) is 0.648. The summed E-state index contributed by atoms with van der Waals surface area (Å²) in [5.41, 5.74) is -3.13. The molecule has 32 heavy (non-hydrogen) atoms. The van der Waals surface area contributed by atoms with E-state index in [4.69, 9.17) is 0 Å². The summed E-state index contributed by atoms with van der Waals surface area (Å²) in [6.07, 6.45) is -6.28. The minimum absolute atomic E-state index is 0.0428. The molecule has 1 aromatic rings. The molecule has 0 unspecified atom stereocenters. The maximum absolute atomic E-state index is 13.0. The molecule has 0 aliphatic carbocycles. The molecule has 1 N–H and O–H groups in total. The van der Waals surface area contributed by atoms with E-state index in [0.717, 1.165) is 25.8 Å². The van der Waals surface area contributed by atoms with Gasteiger partial charge in [-0.1, -0.05) is 6.42 Å². The SMILES string of the molecule is O=C(Cc1cc(C(F)(F)F)cc(C(F)(F)F)c1)CC1CCN(C(=O)[C@H]2CCCCN2)CC1. The summed E-state index contributed by atoms with van der Waals surface area (Å²) in [5, 5.41) is 3.21. The minimum atomic E-state index is -4.94. The first-order chi connectivity index (χ1) is 14.9. The number of benzene rings is 1. The molecule has 2 aliphatic heterocycles. The number of rotatable bonds is 5. The molecule has 0 bridgehead atoms. The van der Waals surface area contributed by atoms with Crippen molar-refractivity contribution in [2.45, 2.75) is 63.3 Å². The van der Waals surface area contributed by atoms with E-state index >= 15 is 0 Å². The highest BCUT2D eigenvalue weighted by molar-refractivity contribution is 5.82. The Morgan fingerprint density at radius 2 is 1.50 bits per heavy atom. The van der Waals surface area contributed by atoms with Crippen molar-refractivity contribution < 1.29 is 35.9 Å². The van der Waals surface area contributed by atoms with E-state index in [0.29, 0.717) is 38.1 Å². The zero-order chi connectivity index (χ0) is 23.5. The number of likely N-dealkylation sites (tertiary alicyclic amines) is 1. The Hall–Kier alpha value is -2.10. The second kappa shape index (κ2) is 9.80. The largest absolute Gasteiger partial charge is 0.416 e. The molecule has 0 saturated carbocycles. The molecule has 2 saturated heterocycles. The van der Waals surface area contributed by atoms with Crippen molar-refractivity contribution in [3.8, 4) is 0 Å². The van der Waals surface area contributed by atoms with Crippen molar-refractivity contribution in [2.24, 2.45) is 5.92 Å². The van der Waals surface area contributed by atoms with Crippen LogP contribution in [0, 0.1) is 5.92 Å². The fraction of sp³-hybridized carbons (Fsp3) is 0.636. The molecule has 1 amide bonds. The van der Waals surface area contributed by atoms with E-state index in [-0.39, 0.29) is 35.9 Å². The van der Waals surface area contributed by atoms with Crippen LogP contribution in [-0.4, -0.2) is 42.3 Å². The fourth-order valence-electron chi connectivity index (χ4n) is 4.38. The maximum Gasteiger partial charge on any atom is 0.416 e. The smallest absolute Gasteiger partial charge is 0.341 e. The van der Waals surface area contributed by atoms with Crippen molar-refractivity contribution in [3.63, 3.8) is 0 Å². The number of Topliss-reactive ketones (excluding diaryl/α,β-unsaturated/α-hetero) is 1. The van der Waals surface area contributed by atoms with Crippen molar-refractivity contribution in [3.05, 3.63) is 34.9 Å². The first-order valence-electron chi connectivity index (χ1n) is 10.8. The van der Waals surface area contributed by atoms with Crippen molar-refractivity contribution in [2.75, 3.05) is 19.6 Å². The summed E-state index contributed by atoms with van der Waals surface area (Å²) in [4.78, 5) is 26.7. The van der Waals surface area contributed by atoms with E-state index in [2.05, 4.69) is 5.32 Å². The summed E-state index contributed by atoms with van der Waals surface area (Å²) in [6.45, 7) is 1.81.